The minimum atomic E-state index is 0.0122. The first-order valence-electron chi connectivity index (χ1n) is 7.87. The first-order chi connectivity index (χ1) is 10.7. The third-order valence-corrected chi connectivity index (χ3v) is 4.53. The predicted octanol–water partition coefficient (Wildman–Crippen LogP) is 4.82. The molecule has 4 heteroatoms. The summed E-state index contributed by atoms with van der Waals surface area (Å²) >= 11 is 1.69. The molecule has 0 bridgehead atoms. The largest absolute Gasteiger partial charge is 0.331 e. The summed E-state index contributed by atoms with van der Waals surface area (Å²) < 4.78 is 0. The average molecular weight is 316 g/mol. The molecule has 2 aromatic rings. The van der Waals surface area contributed by atoms with E-state index in [0.717, 1.165) is 12.8 Å². The van der Waals surface area contributed by atoms with Crippen molar-refractivity contribution in [2.24, 2.45) is 0 Å². The SMILES string of the molecule is CCCC(NC(=O)N(CC)Cc1cccs1)c1ccccc1. The van der Waals surface area contributed by atoms with Gasteiger partial charge >= 0.3 is 6.03 Å². The van der Waals surface area contributed by atoms with Gasteiger partial charge in [0.1, 0.15) is 0 Å². The van der Waals surface area contributed by atoms with Crippen LogP contribution in [0.1, 0.15) is 43.2 Å². The number of benzene rings is 1. The molecule has 0 aliphatic rings. The number of carbonyl (C=O) groups is 1. The molecule has 0 spiro atoms. The van der Waals surface area contributed by atoms with Crippen LogP contribution in [0.25, 0.3) is 0 Å². The van der Waals surface area contributed by atoms with Gasteiger partial charge in [0.05, 0.1) is 12.6 Å². The first-order valence-corrected chi connectivity index (χ1v) is 8.75. The van der Waals surface area contributed by atoms with Crippen LogP contribution in [0.4, 0.5) is 4.79 Å². The second-order valence-electron chi connectivity index (χ2n) is 5.29. The summed E-state index contributed by atoms with van der Waals surface area (Å²) in [5.41, 5.74) is 1.17. The van der Waals surface area contributed by atoms with Crippen molar-refractivity contribution < 1.29 is 4.79 Å². The Hall–Kier alpha value is -1.81. The van der Waals surface area contributed by atoms with E-state index in [4.69, 9.17) is 0 Å². The molecular formula is C18H24N2OS. The lowest BCUT2D eigenvalue weighted by Gasteiger charge is -2.25. The third-order valence-electron chi connectivity index (χ3n) is 3.67. The molecule has 1 unspecified atom stereocenters. The van der Waals surface area contributed by atoms with Crippen LogP contribution in [0, 0.1) is 0 Å². The normalized spacial score (nSPS) is 11.9. The number of nitrogens with one attached hydrogen (secondary N) is 1. The Balaban J connectivity index is 2.03. The molecular weight excluding hydrogens is 292 g/mol. The van der Waals surface area contributed by atoms with Gasteiger partial charge < -0.3 is 10.2 Å². The van der Waals surface area contributed by atoms with Crippen LogP contribution < -0.4 is 5.32 Å². The molecule has 3 nitrogen and oxygen atoms in total. The fourth-order valence-corrected chi connectivity index (χ4v) is 3.17. The van der Waals surface area contributed by atoms with Gasteiger partial charge in [-0.3, -0.25) is 0 Å². The summed E-state index contributed by atoms with van der Waals surface area (Å²) in [5, 5.41) is 5.24. The average Bonchev–Trinajstić information content (AvgIpc) is 3.06. The minimum Gasteiger partial charge on any atom is -0.331 e. The van der Waals surface area contributed by atoms with Crippen LogP contribution in [0.5, 0.6) is 0 Å². The molecule has 0 saturated heterocycles. The second kappa shape index (κ2) is 8.59. The summed E-state index contributed by atoms with van der Waals surface area (Å²) in [4.78, 5) is 15.6. The van der Waals surface area contributed by atoms with Crippen molar-refractivity contribution in [1.29, 1.82) is 0 Å². The zero-order valence-corrected chi connectivity index (χ0v) is 14.1. The van der Waals surface area contributed by atoms with Crippen LogP contribution in [0.2, 0.25) is 0 Å². The number of amides is 2. The van der Waals surface area contributed by atoms with Gasteiger partial charge in [-0.1, -0.05) is 49.7 Å². The summed E-state index contributed by atoms with van der Waals surface area (Å²) in [6.45, 7) is 5.54. The van der Waals surface area contributed by atoms with Gasteiger partial charge in [0, 0.05) is 11.4 Å². The molecule has 0 aliphatic heterocycles. The zero-order valence-electron chi connectivity index (χ0n) is 13.3. The number of hydrogen-bond acceptors (Lipinski definition) is 2. The first kappa shape index (κ1) is 16.6. The van der Waals surface area contributed by atoms with Crippen molar-refractivity contribution in [2.45, 2.75) is 39.3 Å². The lowest BCUT2D eigenvalue weighted by molar-refractivity contribution is 0.193. The monoisotopic (exact) mass is 316 g/mol. The predicted molar refractivity (Wildman–Crippen MR) is 93.0 cm³/mol. The van der Waals surface area contributed by atoms with Gasteiger partial charge in [0.2, 0.25) is 0 Å². The van der Waals surface area contributed by atoms with Gasteiger partial charge in [-0.05, 0) is 30.4 Å². The Morgan fingerprint density at radius 2 is 1.95 bits per heavy atom. The van der Waals surface area contributed by atoms with Gasteiger partial charge in [0.25, 0.3) is 0 Å². The molecule has 1 atom stereocenters. The van der Waals surface area contributed by atoms with E-state index in [9.17, 15) is 4.79 Å². The standard InChI is InChI=1S/C18H24N2OS/c1-3-9-17(15-10-6-5-7-11-15)19-18(21)20(4-2)14-16-12-8-13-22-16/h5-8,10-13,17H,3-4,9,14H2,1-2H3,(H,19,21). The molecule has 1 aromatic carbocycles. The molecule has 0 fully saturated rings. The second-order valence-corrected chi connectivity index (χ2v) is 6.33. The minimum absolute atomic E-state index is 0.0122. The Kier molecular flexibility index (Phi) is 6.46. The van der Waals surface area contributed by atoms with E-state index >= 15 is 0 Å². The number of hydrogen-bond donors (Lipinski definition) is 1. The van der Waals surface area contributed by atoms with E-state index < -0.39 is 0 Å². The van der Waals surface area contributed by atoms with Crippen LogP contribution in [-0.4, -0.2) is 17.5 Å². The lowest BCUT2D eigenvalue weighted by atomic mass is 10.0. The maximum Gasteiger partial charge on any atom is 0.318 e. The maximum absolute atomic E-state index is 12.6. The highest BCUT2D eigenvalue weighted by Crippen LogP contribution is 2.19. The van der Waals surface area contributed by atoms with Crippen molar-refractivity contribution in [3.8, 4) is 0 Å². The fourth-order valence-electron chi connectivity index (χ4n) is 2.45. The quantitative estimate of drug-likeness (QED) is 0.780. The number of nitrogens with zero attached hydrogens (tertiary/aromatic N) is 1. The van der Waals surface area contributed by atoms with E-state index in [1.54, 1.807) is 11.3 Å². The van der Waals surface area contributed by atoms with Gasteiger partial charge in [-0.15, -0.1) is 11.3 Å². The summed E-state index contributed by atoms with van der Waals surface area (Å²) in [5.74, 6) is 0. The van der Waals surface area contributed by atoms with E-state index in [1.165, 1.54) is 10.4 Å². The number of thiophene rings is 1. The van der Waals surface area contributed by atoms with E-state index in [2.05, 4.69) is 30.4 Å². The molecule has 2 rings (SSSR count). The van der Waals surface area contributed by atoms with Gasteiger partial charge in [-0.25, -0.2) is 4.79 Å². The van der Waals surface area contributed by atoms with Crippen molar-refractivity contribution in [3.05, 3.63) is 58.3 Å². The Morgan fingerprint density at radius 1 is 1.18 bits per heavy atom. The highest BCUT2D eigenvalue weighted by Gasteiger charge is 2.18. The van der Waals surface area contributed by atoms with Crippen molar-refractivity contribution in [1.82, 2.24) is 10.2 Å². The van der Waals surface area contributed by atoms with E-state index in [1.807, 2.05) is 41.5 Å². The molecule has 22 heavy (non-hydrogen) atoms. The lowest BCUT2D eigenvalue weighted by Crippen LogP contribution is -2.41. The van der Waals surface area contributed by atoms with Crippen molar-refractivity contribution in [3.63, 3.8) is 0 Å². The van der Waals surface area contributed by atoms with Gasteiger partial charge in [-0.2, -0.15) is 0 Å². The Labute approximate surface area is 137 Å². The molecule has 0 radical (unpaired) electrons. The van der Waals surface area contributed by atoms with Crippen LogP contribution in [-0.2, 0) is 6.54 Å². The van der Waals surface area contributed by atoms with Gasteiger partial charge in [0.15, 0.2) is 0 Å². The number of carbonyl (C=O) groups excluding carboxylic acids is 1. The Bertz CT molecular complexity index is 554. The zero-order chi connectivity index (χ0) is 15.8. The Morgan fingerprint density at radius 3 is 2.55 bits per heavy atom. The molecule has 1 heterocycles. The molecule has 1 N–H and O–H groups in total. The van der Waals surface area contributed by atoms with E-state index in [-0.39, 0.29) is 12.1 Å². The van der Waals surface area contributed by atoms with Crippen LogP contribution in [0.3, 0.4) is 0 Å². The highest BCUT2D eigenvalue weighted by atomic mass is 32.1. The number of rotatable bonds is 7. The fraction of sp³-hybridized carbons (Fsp3) is 0.389. The molecule has 1 aromatic heterocycles. The summed E-state index contributed by atoms with van der Waals surface area (Å²) in [6.07, 6.45) is 1.99. The molecule has 0 aliphatic carbocycles. The third kappa shape index (κ3) is 4.60. The summed E-state index contributed by atoms with van der Waals surface area (Å²) in [6, 6.07) is 14.4. The molecule has 0 saturated carbocycles. The number of urea groups is 1. The molecule has 118 valence electrons. The van der Waals surface area contributed by atoms with Crippen molar-refractivity contribution in [2.75, 3.05) is 6.54 Å². The topological polar surface area (TPSA) is 32.3 Å². The summed E-state index contributed by atoms with van der Waals surface area (Å²) in [7, 11) is 0. The molecule has 2 amide bonds. The van der Waals surface area contributed by atoms with E-state index in [0.29, 0.717) is 13.1 Å². The smallest absolute Gasteiger partial charge is 0.318 e. The van der Waals surface area contributed by atoms with Crippen LogP contribution >= 0.6 is 11.3 Å². The highest BCUT2D eigenvalue weighted by molar-refractivity contribution is 7.09. The van der Waals surface area contributed by atoms with Crippen LogP contribution in [0.15, 0.2) is 47.8 Å². The van der Waals surface area contributed by atoms with Crippen molar-refractivity contribution >= 4 is 17.4 Å². The maximum atomic E-state index is 12.6.